The second-order valence-corrected chi connectivity index (χ2v) is 6.10. The minimum Gasteiger partial charge on any atom is -0.495 e. The van der Waals surface area contributed by atoms with Gasteiger partial charge in [-0.3, -0.25) is 4.79 Å². The van der Waals surface area contributed by atoms with Gasteiger partial charge in [0.15, 0.2) is 0 Å². The lowest BCUT2D eigenvalue weighted by Crippen LogP contribution is -2.17. The van der Waals surface area contributed by atoms with Gasteiger partial charge < -0.3 is 9.15 Å². The van der Waals surface area contributed by atoms with Gasteiger partial charge in [0.2, 0.25) is 0 Å². The van der Waals surface area contributed by atoms with Crippen LogP contribution in [0.2, 0.25) is 10.0 Å². The number of rotatable bonds is 5. The molecule has 1 aromatic heterocycles. The number of nitrogens with one attached hydrogen (secondary N) is 1. The van der Waals surface area contributed by atoms with Gasteiger partial charge in [-0.25, -0.2) is 5.43 Å². The molecule has 1 amide bonds. The lowest BCUT2D eigenvalue weighted by atomic mass is 10.2. The maximum absolute atomic E-state index is 11.9. The number of hydrazone groups is 1. The molecule has 0 saturated carbocycles. The largest absolute Gasteiger partial charge is 0.495 e. The van der Waals surface area contributed by atoms with Crippen LogP contribution in [0.3, 0.4) is 0 Å². The van der Waals surface area contributed by atoms with E-state index in [2.05, 4.69) is 10.5 Å². The molecule has 0 aliphatic rings. The second-order valence-electron chi connectivity index (χ2n) is 5.26. The van der Waals surface area contributed by atoms with Gasteiger partial charge in [-0.2, -0.15) is 5.10 Å². The number of furan rings is 1. The van der Waals surface area contributed by atoms with Gasteiger partial charge in [-0.15, -0.1) is 0 Å². The number of hydrogen-bond acceptors (Lipinski definition) is 4. The first-order chi connectivity index (χ1) is 12.6. The molecule has 0 unspecified atom stereocenters. The molecule has 0 aliphatic heterocycles. The number of hydrogen-bond donors (Lipinski definition) is 1. The standard InChI is InChI=1S/C19H14Cl2N2O3/c1-25-18-8-4-13(10-16(18)21)17-9-7-15(26-17)11-22-23-19(24)12-2-5-14(20)6-3-12/h2-11H,1H3,(H,23,24)/b22-11-. The van der Waals surface area contributed by atoms with Gasteiger partial charge in [-0.1, -0.05) is 23.2 Å². The monoisotopic (exact) mass is 388 g/mol. The molecule has 26 heavy (non-hydrogen) atoms. The highest BCUT2D eigenvalue weighted by Crippen LogP contribution is 2.30. The SMILES string of the molecule is COc1ccc(-c2ccc(/C=N\NC(=O)c3ccc(Cl)cc3)o2)cc1Cl. The summed E-state index contributed by atoms with van der Waals surface area (Å²) in [6, 6.07) is 15.4. The van der Waals surface area contributed by atoms with Crippen molar-refractivity contribution < 1.29 is 13.9 Å². The molecule has 3 rings (SSSR count). The molecule has 0 spiro atoms. The summed E-state index contributed by atoms with van der Waals surface area (Å²) in [5, 5.41) is 4.95. The molecule has 0 bridgehead atoms. The quantitative estimate of drug-likeness (QED) is 0.492. The van der Waals surface area contributed by atoms with E-state index in [4.69, 9.17) is 32.4 Å². The molecule has 132 valence electrons. The van der Waals surface area contributed by atoms with Gasteiger partial charge in [0.05, 0.1) is 18.3 Å². The van der Waals surface area contributed by atoms with E-state index in [9.17, 15) is 4.79 Å². The topological polar surface area (TPSA) is 63.8 Å². The Bertz CT molecular complexity index is 950. The van der Waals surface area contributed by atoms with Crippen molar-refractivity contribution in [2.45, 2.75) is 0 Å². The third kappa shape index (κ3) is 4.25. The Morgan fingerprint density at radius 3 is 2.58 bits per heavy atom. The van der Waals surface area contributed by atoms with Crippen LogP contribution in [0.15, 0.2) is 64.1 Å². The average Bonchev–Trinajstić information content (AvgIpc) is 3.11. The van der Waals surface area contributed by atoms with Crippen molar-refractivity contribution in [2.24, 2.45) is 5.10 Å². The number of nitrogens with zero attached hydrogens (tertiary/aromatic N) is 1. The van der Waals surface area contributed by atoms with E-state index in [0.29, 0.717) is 32.9 Å². The Morgan fingerprint density at radius 1 is 1.12 bits per heavy atom. The van der Waals surface area contributed by atoms with E-state index in [-0.39, 0.29) is 5.91 Å². The molecule has 0 aliphatic carbocycles. The summed E-state index contributed by atoms with van der Waals surface area (Å²) in [5.41, 5.74) is 3.69. The summed E-state index contributed by atoms with van der Waals surface area (Å²) in [6.45, 7) is 0. The van der Waals surface area contributed by atoms with Gasteiger partial charge in [-0.05, 0) is 54.6 Å². The number of methoxy groups -OCH3 is 1. The lowest BCUT2D eigenvalue weighted by Gasteiger charge is -2.04. The van der Waals surface area contributed by atoms with Gasteiger partial charge in [0.25, 0.3) is 5.91 Å². The smallest absolute Gasteiger partial charge is 0.271 e. The molecule has 5 nitrogen and oxygen atoms in total. The minimum atomic E-state index is -0.341. The van der Waals surface area contributed by atoms with Crippen molar-refractivity contribution in [3.05, 3.63) is 76.0 Å². The van der Waals surface area contributed by atoms with Crippen LogP contribution in [0, 0.1) is 0 Å². The Labute approximate surface area is 160 Å². The minimum absolute atomic E-state index is 0.341. The number of ether oxygens (including phenoxy) is 1. The van der Waals surface area contributed by atoms with E-state index in [1.165, 1.54) is 6.21 Å². The van der Waals surface area contributed by atoms with Crippen LogP contribution in [0.5, 0.6) is 5.75 Å². The molecule has 2 aromatic carbocycles. The van der Waals surface area contributed by atoms with E-state index >= 15 is 0 Å². The Morgan fingerprint density at radius 2 is 1.88 bits per heavy atom. The van der Waals surface area contributed by atoms with Crippen LogP contribution < -0.4 is 10.2 Å². The van der Waals surface area contributed by atoms with E-state index in [1.807, 2.05) is 6.07 Å². The highest BCUT2D eigenvalue weighted by Gasteiger charge is 2.08. The number of benzene rings is 2. The van der Waals surface area contributed by atoms with Crippen LogP contribution in [-0.4, -0.2) is 19.2 Å². The van der Waals surface area contributed by atoms with Crippen LogP contribution in [-0.2, 0) is 0 Å². The molecule has 1 heterocycles. The zero-order chi connectivity index (χ0) is 18.5. The van der Waals surface area contributed by atoms with Crippen molar-refractivity contribution in [3.63, 3.8) is 0 Å². The molecule has 0 fully saturated rings. The molecular weight excluding hydrogens is 375 g/mol. The number of carbonyl (C=O) groups excluding carboxylic acids is 1. The average molecular weight is 389 g/mol. The molecule has 3 aromatic rings. The zero-order valence-electron chi connectivity index (χ0n) is 13.7. The predicted molar refractivity (Wildman–Crippen MR) is 102 cm³/mol. The first kappa shape index (κ1) is 18.0. The first-order valence-electron chi connectivity index (χ1n) is 7.59. The number of amides is 1. The summed E-state index contributed by atoms with van der Waals surface area (Å²) in [4.78, 5) is 11.9. The van der Waals surface area contributed by atoms with Crippen LogP contribution in [0.25, 0.3) is 11.3 Å². The lowest BCUT2D eigenvalue weighted by molar-refractivity contribution is 0.0955. The summed E-state index contributed by atoms with van der Waals surface area (Å²) in [7, 11) is 1.56. The van der Waals surface area contributed by atoms with Crippen molar-refractivity contribution in [1.29, 1.82) is 0 Å². The van der Waals surface area contributed by atoms with Crippen LogP contribution in [0.1, 0.15) is 16.1 Å². The third-order valence-corrected chi connectivity index (χ3v) is 4.07. The van der Waals surface area contributed by atoms with E-state index in [1.54, 1.807) is 55.6 Å². The molecule has 0 atom stereocenters. The van der Waals surface area contributed by atoms with Crippen LogP contribution >= 0.6 is 23.2 Å². The van der Waals surface area contributed by atoms with Gasteiger partial charge in [0, 0.05) is 16.1 Å². The Kier molecular flexibility index (Phi) is 5.61. The maximum atomic E-state index is 11.9. The molecular formula is C19H14Cl2N2O3. The first-order valence-corrected chi connectivity index (χ1v) is 8.35. The van der Waals surface area contributed by atoms with Crippen molar-refractivity contribution in [2.75, 3.05) is 7.11 Å². The summed E-state index contributed by atoms with van der Waals surface area (Å²) >= 11 is 11.9. The zero-order valence-corrected chi connectivity index (χ0v) is 15.2. The van der Waals surface area contributed by atoms with Crippen LogP contribution in [0.4, 0.5) is 0 Å². The maximum Gasteiger partial charge on any atom is 0.271 e. The second kappa shape index (κ2) is 8.08. The predicted octanol–water partition coefficient (Wildman–Crippen LogP) is 5.03. The van der Waals surface area contributed by atoms with Gasteiger partial charge in [0.1, 0.15) is 17.3 Å². The summed E-state index contributed by atoms with van der Waals surface area (Å²) < 4.78 is 10.8. The third-order valence-electron chi connectivity index (χ3n) is 3.53. The Balaban J connectivity index is 1.66. The van der Waals surface area contributed by atoms with Crippen molar-refractivity contribution in [1.82, 2.24) is 5.43 Å². The molecule has 7 heteroatoms. The van der Waals surface area contributed by atoms with E-state index < -0.39 is 0 Å². The normalized spacial score (nSPS) is 10.9. The van der Waals surface area contributed by atoms with E-state index in [0.717, 1.165) is 5.56 Å². The fraction of sp³-hybridized carbons (Fsp3) is 0.0526. The van der Waals surface area contributed by atoms with Gasteiger partial charge >= 0.3 is 0 Å². The molecule has 1 N–H and O–H groups in total. The fourth-order valence-electron chi connectivity index (χ4n) is 2.22. The summed E-state index contributed by atoms with van der Waals surface area (Å²) in [6.07, 6.45) is 1.42. The fourth-order valence-corrected chi connectivity index (χ4v) is 2.60. The number of halogens is 2. The molecule has 0 saturated heterocycles. The summed E-state index contributed by atoms with van der Waals surface area (Å²) in [5.74, 6) is 1.36. The molecule has 0 radical (unpaired) electrons. The van der Waals surface area contributed by atoms with Crippen molar-refractivity contribution >= 4 is 35.3 Å². The number of carbonyl (C=O) groups is 1. The highest BCUT2D eigenvalue weighted by atomic mass is 35.5. The van der Waals surface area contributed by atoms with Crippen molar-refractivity contribution in [3.8, 4) is 17.1 Å². The Hall–Kier alpha value is -2.76. The highest BCUT2D eigenvalue weighted by molar-refractivity contribution is 6.32.